The number of thiophene rings is 1. The van der Waals surface area contributed by atoms with E-state index in [2.05, 4.69) is 27.1 Å². The Labute approximate surface area is 264 Å². The van der Waals surface area contributed by atoms with Crippen molar-refractivity contribution in [1.29, 1.82) is 0 Å². The molecular weight excluding hydrogens is 624 g/mol. The molecule has 5 aromatic rings. The maximum absolute atomic E-state index is 15.8. The number of hydrogen-bond acceptors (Lipinski definition) is 8. The van der Waals surface area contributed by atoms with Crippen LogP contribution in [0.25, 0.3) is 43.9 Å². The smallest absolute Gasteiger partial charge is 0.302 e. The number of amides is 1. The number of aliphatic hydroxyl groups is 1. The number of alkyl halides is 2. The first-order valence-electron chi connectivity index (χ1n) is 14.2. The van der Waals surface area contributed by atoms with Crippen molar-refractivity contribution in [3.8, 4) is 39.5 Å². The monoisotopic (exact) mass is 652 g/mol. The van der Waals surface area contributed by atoms with Crippen LogP contribution in [0, 0.1) is 11.6 Å². The van der Waals surface area contributed by atoms with Crippen LogP contribution in [0.5, 0.6) is 5.75 Å². The molecule has 0 saturated carbocycles. The molecule has 0 spiro atoms. The molecule has 1 aromatic carbocycles. The van der Waals surface area contributed by atoms with Gasteiger partial charge in [0.15, 0.2) is 0 Å². The van der Waals surface area contributed by atoms with Gasteiger partial charge in [0.25, 0.3) is 0 Å². The molecule has 238 valence electrons. The summed E-state index contributed by atoms with van der Waals surface area (Å²) in [5.74, 6) is -5.49. The summed E-state index contributed by atoms with van der Waals surface area (Å²) >= 11 is 1.27. The molecule has 4 aromatic heterocycles. The fraction of sp³-hybridized carbons (Fsp3) is 0.250. The SMILES string of the molecule is C=CC(=O)NC(C)c1cc(-c2nc(-c3cnc4c(c3)CN(C)CC4(F)F)c3ccsc3c2-c2c(F)cc(F)cc2OCCO)n[nH]1. The third kappa shape index (κ3) is 5.74. The maximum atomic E-state index is 15.8. The molecule has 6 rings (SSSR count). The molecule has 0 bridgehead atoms. The van der Waals surface area contributed by atoms with Gasteiger partial charge in [-0.1, -0.05) is 6.58 Å². The van der Waals surface area contributed by atoms with E-state index >= 15 is 4.39 Å². The van der Waals surface area contributed by atoms with Crippen molar-refractivity contribution in [3.05, 3.63) is 83.1 Å². The summed E-state index contributed by atoms with van der Waals surface area (Å²) < 4.78 is 66.0. The van der Waals surface area contributed by atoms with Crippen molar-refractivity contribution in [3.63, 3.8) is 0 Å². The standard InChI is InChI=1S/C32H28F4N6O3S/c1-4-25(44)38-16(2)22-12-23(41-40-22)29-27(26-21(34)10-19(33)11-24(26)45-7-6-43)30-20(5-8-46-30)28(39-29)17-9-18-14-42(3)15-32(35,36)31(18)37-13-17/h4-5,8-13,16,43H,1,6-7,14-15H2,2-3H3,(H,38,44)(H,40,41). The highest BCUT2D eigenvalue weighted by atomic mass is 32.1. The number of aromatic amines is 1. The number of pyridine rings is 2. The Kier molecular flexibility index (Phi) is 8.35. The van der Waals surface area contributed by atoms with Crippen molar-refractivity contribution >= 4 is 27.3 Å². The summed E-state index contributed by atoms with van der Waals surface area (Å²) in [6.45, 7) is 4.38. The molecular formula is C32H28F4N6O3S. The molecule has 1 atom stereocenters. The lowest BCUT2D eigenvalue weighted by Gasteiger charge is -2.31. The van der Waals surface area contributed by atoms with Crippen LogP contribution in [0.4, 0.5) is 17.6 Å². The highest BCUT2D eigenvalue weighted by Gasteiger charge is 2.41. The quantitative estimate of drug-likeness (QED) is 0.133. The lowest BCUT2D eigenvalue weighted by Crippen LogP contribution is -2.38. The predicted molar refractivity (Wildman–Crippen MR) is 165 cm³/mol. The number of fused-ring (bicyclic) bond motifs is 2. The summed E-state index contributed by atoms with van der Waals surface area (Å²) in [6, 6.07) is 6.28. The Hall–Kier alpha value is -4.66. The third-order valence-corrected chi connectivity index (χ3v) is 8.50. The first-order chi connectivity index (χ1) is 22.0. The Morgan fingerprint density at radius 2 is 2.07 bits per heavy atom. The van der Waals surface area contributed by atoms with Crippen molar-refractivity contribution in [2.24, 2.45) is 0 Å². The number of halogens is 4. The van der Waals surface area contributed by atoms with E-state index in [1.54, 1.807) is 37.6 Å². The Bertz CT molecular complexity index is 1980. The second-order valence-corrected chi connectivity index (χ2v) is 11.8. The van der Waals surface area contributed by atoms with Crippen LogP contribution in [0.15, 0.2) is 54.6 Å². The zero-order valence-electron chi connectivity index (χ0n) is 24.7. The lowest BCUT2D eigenvalue weighted by molar-refractivity contribution is -0.117. The molecule has 0 fully saturated rings. The van der Waals surface area contributed by atoms with Gasteiger partial charge in [-0.25, -0.2) is 13.8 Å². The van der Waals surface area contributed by atoms with Gasteiger partial charge in [-0.2, -0.15) is 13.9 Å². The number of aromatic nitrogens is 4. The van der Waals surface area contributed by atoms with Gasteiger partial charge in [-0.15, -0.1) is 11.3 Å². The van der Waals surface area contributed by atoms with E-state index < -0.39 is 42.7 Å². The fourth-order valence-corrected chi connectivity index (χ4v) is 6.55. The number of benzene rings is 1. The molecule has 5 heterocycles. The third-order valence-electron chi connectivity index (χ3n) is 7.57. The van der Waals surface area contributed by atoms with Gasteiger partial charge < -0.3 is 15.2 Å². The van der Waals surface area contributed by atoms with E-state index in [-0.39, 0.29) is 47.1 Å². The zero-order chi connectivity index (χ0) is 32.7. The summed E-state index contributed by atoms with van der Waals surface area (Å²) in [7, 11) is 1.60. The van der Waals surface area contributed by atoms with Gasteiger partial charge in [-0.3, -0.25) is 19.8 Å². The zero-order valence-corrected chi connectivity index (χ0v) is 25.5. The molecule has 1 aliphatic heterocycles. The predicted octanol–water partition coefficient (Wildman–Crippen LogP) is 5.97. The maximum Gasteiger partial charge on any atom is 0.302 e. The van der Waals surface area contributed by atoms with Crippen LogP contribution in [-0.2, 0) is 17.3 Å². The number of hydrogen-bond donors (Lipinski definition) is 3. The van der Waals surface area contributed by atoms with E-state index in [9.17, 15) is 23.1 Å². The molecule has 0 saturated heterocycles. The van der Waals surface area contributed by atoms with Crippen LogP contribution in [0.3, 0.4) is 0 Å². The molecule has 0 radical (unpaired) electrons. The normalized spacial score (nSPS) is 15.0. The minimum atomic E-state index is -3.13. The van der Waals surface area contributed by atoms with E-state index in [0.29, 0.717) is 32.6 Å². The van der Waals surface area contributed by atoms with Gasteiger partial charge in [0.2, 0.25) is 5.91 Å². The molecule has 14 heteroatoms. The number of aliphatic hydroxyl groups excluding tert-OH is 1. The number of likely N-dealkylation sites (N-methyl/N-ethyl adjacent to an activating group) is 1. The Morgan fingerprint density at radius 3 is 2.83 bits per heavy atom. The van der Waals surface area contributed by atoms with Gasteiger partial charge >= 0.3 is 5.92 Å². The molecule has 0 aliphatic carbocycles. The second-order valence-electron chi connectivity index (χ2n) is 10.9. The number of carbonyl (C=O) groups excluding carboxylic acids is 1. The highest BCUT2D eigenvalue weighted by molar-refractivity contribution is 7.18. The topological polar surface area (TPSA) is 116 Å². The molecule has 1 aliphatic rings. The van der Waals surface area contributed by atoms with Crippen molar-refractivity contribution in [2.45, 2.75) is 25.4 Å². The van der Waals surface area contributed by atoms with E-state index in [0.717, 1.165) is 18.2 Å². The van der Waals surface area contributed by atoms with Crippen LogP contribution in [0.2, 0.25) is 0 Å². The van der Waals surface area contributed by atoms with Gasteiger partial charge in [0.05, 0.1) is 36.1 Å². The highest BCUT2D eigenvalue weighted by Crippen LogP contribution is 2.47. The first kappa shape index (κ1) is 31.3. The van der Waals surface area contributed by atoms with Crippen LogP contribution < -0.4 is 10.1 Å². The average Bonchev–Trinajstić information content (AvgIpc) is 3.69. The number of nitrogens with zero attached hydrogens (tertiary/aromatic N) is 4. The molecule has 9 nitrogen and oxygen atoms in total. The molecule has 1 unspecified atom stereocenters. The summed E-state index contributed by atoms with van der Waals surface area (Å²) in [5, 5.41) is 21.8. The Morgan fingerprint density at radius 1 is 1.26 bits per heavy atom. The molecule has 46 heavy (non-hydrogen) atoms. The number of rotatable bonds is 9. The number of nitrogens with one attached hydrogen (secondary N) is 2. The number of ether oxygens (including phenoxy) is 1. The molecule has 3 N–H and O–H groups in total. The van der Waals surface area contributed by atoms with Gasteiger partial charge in [-0.05, 0) is 49.2 Å². The van der Waals surface area contributed by atoms with Crippen molar-refractivity contribution in [2.75, 3.05) is 26.8 Å². The summed E-state index contributed by atoms with van der Waals surface area (Å²) in [5.41, 5.74) is 1.99. The average molecular weight is 653 g/mol. The van der Waals surface area contributed by atoms with Crippen molar-refractivity contribution < 1.29 is 32.2 Å². The number of H-pyrrole nitrogens is 1. The fourth-order valence-electron chi connectivity index (χ4n) is 5.60. The number of carbonyl (C=O) groups is 1. The lowest BCUT2D eigenvalue weighted by atomic mass is 9.95. The summed E-state index contributed by atoms with van der Waals surface area (Å²) in [6.07, 6.45) is 2.48. The van der Waals surface area contributed by atoms with Crippen LogP contribution >= 0.6 is 11.3 Å². The van der Waals surface area contributed by atoms with E-state index in [1.807, 2.05) is 0 Å². The van der Waals surface area contributed by atoms with E-state index in [1.165, 1.54) is 22.4 Å². The minimum absolute atomic E-state index is 0.0984. The van der Waals surface area contributed by atoms with Gasteiger partial charge in [0.1, 0.15) is 41.1 Å². The largest absolute Gasteiger partial charge is 0.490 e. The Balaban J connectivity index is 1.61. The van der Waals surface area contributed by atoms with Crippen molar-refractivity contribution in [1.82, 2.24) is 30.4 Å². The first-order valence-corrected chi connectivity index (χ1v) is 15.1. The van der Waals surface area contributed by atoms with Crippen LogP contribution in [-0.4, -0.2) is 62.9 Å². The minimum Gasteiger partial charge on any atom is -0.490 e. The van der Waals surface area contributed by atoms with E-state index in [4.69, 9.17) is 9.72 Å². The summed E-state index contributed by atoms with van der Waals surface area (Å²) in [4.78, 5) is 22.6. The van der Waals surface area contributed by atoms with Gasteiger partial charge in [0, 0.05) is 46.1 Å². The second kappa shape index (κ2) is 12.3. The molecule has 1 amide bonds. The van der Waals surface area contributed by atoms with Crippen LogP contribution in [0.1, 0.15) is 29.9 Å².